The molecule has 1 aliphatic heterocycles. The molecule has 1 saturated carbocycles. The number of nitro benzene ring substituents is 1. The Morgan fingerprint density at radius 1 is 1.00 bits per heavy atom. The minimum absolute atomic E-state index is 0.0445. The zero-order valence-corrected chi connectivity index (χ0v) is 24.1. The summed E-state index contributed by atoms with van der Waals surface area (Å²) in [7, 11) is 0. The van der Waals surface area contributed by atoms with E-state index in [0.29, 0.717) is 11.2 Å². The molecular formula is C31H31N5O2S2. The van der Waals surface area contributed by atoms with E-state index in [1.165, 1.54) is 54.8 Å². The number of pyridine rings is 1. The number of benzene rings is 2. The Morgan fingerprint density at radius 3 is 2.30 bits per heavy atom. The number of aryl methyl sites for hydroxylation is 1. The summed E-state index contributed by atoms with van der Waals surface area (Å²) in [5.74, 6) is 0. The lowest BCUT2D eigenvalue weighted by Gasteiger charge is -2.28. The van der Waals surface area contributed by atoms with E-state index in [2.05, 4.69) is 65.0 Å². The first-order valence-corrected chi connectivity index (χ1v) is 14.8. The molecule has 2 atom stereocenters. The molecule has 9 heteroatoms. The van der Waals surface area contributed by atoms with Crippen LogP contribution >= 0.6 is 24.0 Å². The lowest BCUT2D eigenvalue weighted by Crippen LogP contribution is -2.29. The van der Waals surface area contributed by atoms with Gasteiger partial charge in [-0.05, 0) is 99.1 Å². The molecule has 4 aromatic rings. The van der Waals surface area contributed by atoms with Crippen molar-refractivity contribution in [2.45, 2.75) is 67.4 Å². The maximum atomic E-state index is 11.0. The SMILES string of the molecule is Cc1cc([C@H]2[C@@H](c3ccccn3)NC(=S)N2c2ccc(Sc3ccc([N+](=O)[O-])cc3)cc2)c(C)n1C1CCCC1. The Hall–Kier alpha value is -3.69. The van der Waals surface area contributed by atoms with Crippen LogP contribution in [0.3, 0.4) is 0 Å². The molecule has 7 nitrogen and oxygen atoms in total. The average Bonchev–Trinajstić information content (AvgIpc) is 3.67. The third kappa shape index (κ3) is 4.99. The summed E-state index contributed by atoms with van der Waals surface area (Å²) in [6.07, 6.45) is 6.89. The van der Waals surface area contributed by atoms with E-state index in [9.17, 15) is 10.1 Å². The first-order valence-electron chi connectivity index (χ1n) is 13.6. The quantitative estimate of drug-likeness (QED) is 0.138. The normalized spacial score (nSPS) is 19.2. The van der Waals surface area contributed by atoms with Crippen molar-refractivity contribution in [2.24, 2.45) is 0 Å². The summed E-state index contributed by atoms with van der Waals surface area (Å²) in [5, 5.41) is 15.3. The van der Waals surface area contributed by atoms with E-state index >= 15 is 0 Å². The van der Waals surface area contributed by atoms with Crippen LogP contribution in [0.5, 0.6) is 0 Å². The molecule has 0 unspecified atom stereocenters. The molecule has 2 fully saturated rings. The molecule has 0 radical (unpaired) electrons. The zero-order valence-electron chi connectivity index (χ0n) is 22.5. The van der Waals surface area contributed by atoms with Gasteiger partial charge in [-0.1, -0.05) is 30.7 Å². The Bertz CT molecular complexity index is 1530. The molecule has 1 N–H and O–H groups in total. The van der Waals surface area contributed by atoms with Crippen LogP contribution in [0.25, 0.3) is 0 Å². The van der Waals surface area contributed by atoms with Gasteiger partial charge in [-0.3, -0.25) is 15.1 Å². The second kappa shape index (κ2) is 11.1. The van der Waals surface area contributed by atoms with Crippen molar-refractivity contribution in [1.82, 2.24) is 14.9 Å². The van der Waals surface area contributed by atoms with Gasteiger partial charge in [0.25, 0.3) is 5.69 Å². The number of hydrogen-bond acceptors (Lipinski definition) is 5. The molecule has 40 heavy (non-hydrogen) atoms. The van der Waals surface area contributed by atoms with Gasteiger partial charge in [0.1, 0.15) is 0 Å². The molecule has 1 saturated heterocycles. The van der Waals surface area contributed by atoms with Gasteiger partial charge < -0.3 is 14.8 Å². The molecule has 204 valence electrons. The molecule has 2 aromatic carbocycles. The molecule has 0 spiro atoms. The maximum Gasteiger partial charge on any atom is 0.269 e. The number of nitro groups is 1. The maximum absolute atomic E-state index is 11.0. The second-order valence-corrected chi connectivity index (χ2v) is 12.0. The van der Waals surface area contributed by atoms with Crippen LogP contribution in [0.2, 0.25) is 0 Å². The third-order valence-corrected chi connectivity index (χ3v) is 9.36. The van der Waals surface area contributed by atoms with Crippen LogP contribution in [0.4, 0.5) is 11.4 Å². The van der Waals surface area contributed by atoms with Gasteiger partial charge >= 0.3 is 0 Å². The van der Waals surface area contributed by atoms with E-state index in [-0.39, 0.29) is 22.7 Å². The molecule has 0 amide bonds. The number of nitrogens with one attached hydrogen (secondary N) is 1. The second-order valence-electron chi connectivity index (χ2n) is 10.5. The average molecular weight is 570 g/mol. The van der Waals surface area contributed by atoms with Crippen molar-refractivity contribution in [1.29, 1.82) is 0 Å². The topological polar surface area (TPSA) is 76.2 Å². The van der Waals surface area contributed by atoms with E-state index < -0.39 is 0 Å². The molecular weight excluding hydrogens is 539 g/mol. The fourth-order valence-corrected chi connectivity index (χ4v) is 7.38. The van der Waals surface area contributed by atoms with Crippen LogP contribution in [-0.2, 0) is 0 Å². The van der Waals surface area contributed by atoms with Crippen LogP contribution in [0.15, 0.2) is 88.8 Å². The van der Waals surface area contributed by atoms with Crippen molar-refractivity contribution >= 4 is 40.5 Å². The summed E-state index contributed by atoms with van der Waals surface area (Å²) in [6.45, 7) is 4.47. The summed E-state index contributed by atoms with van der Waals surface area (Å²) in [4.78, 5) is 19.5. The first kappa shape index (κ1) is 26.5. The van der Waals surface area contributed by atoms with Gasteiger partial charge in [-0.15, -0.1) is 0 Å². The predicted molar refractivity (Wildman–Crippen MR) is 163 cm³/mol. The zero-order chi connectivity index (χ0) is 27.8. The fourth-order valence-electron chi connectivity index (χ4n) is 6.22. The number of nitrogens with zero attached hydrogens (tertiary/aromatic N) is 4. The lowest BCUT2D eigenvalue weighted by molar-refractivity contribution is -0.384. The summed E-state index contributed by atoms with van der Waals surface area (Å²) >= 11 is 7.53. The first-order chi connectivity index (χ1) is 19.4. The van der Waals surface area contributed by atoms with Crippen molar-refractivity contribution in [3.8, 4) is 0 Å². The lowest BCUT2D eigenvalue weighted by atomic mass is 9.96. The number of thiocarbonyl (C=S) groups is 1. The summed E-state index contributed by atoms with van der Waals surface area (Å²) < 4.78 is 2.54. The Labute approximate surface area is 243 Å². The van der Waals surface area contributed by atoms with Gasteiger partial charge in [0.05, 0.1) is 22.7 Å². The van der Waals surface area contributed by atoms with E-state index in [1.54, 1.807) is 23.9 Å². The number of anilines is 1. The Kier molecular flexibility index (Phi) is 7.33. The monoisotopic (exact) mass is 569 g/mol. The number of aromatic nitrogens is 2. The molecule has 6 rings (SSSR count). The van der Waals surface area contributed by atoms with Gasteiger partial charge in [-0.2, -0.15) is 0 Å². The highest BCUT2D eigenvalue weighted by Crippen LogP contribution is 2.45. The fraction of sp³-hybridized carbons (Fsp3) is 0.290. The Morgan fingerprint density at radius 2 is 1.68 bits per heavy atom. The predicted octanol–water partition coefficient (Wildman–Crippen LogP) is 7.85. The van der Waals surface area contributed by atoms with Gasteiger partial charge in [0.2, 0.25) is 0 Å². The Balaban J connectivity index is 1.34. The number of non-ortho nitro benzene ring substituents is 1. The highest BCUT2D eigenvalue weighted by molar-refractivity contribution is 7.99. The van der Waals surface area contributed by atoms with Crippen molar-refractivity contribution in [3.05, 3.63) is 112 Å². The minimum atomic E-state index is -0.379. The van der Waals surface area contributed by atoms with Gasteiger partial charge in [0, 0.05) is 51.2 Å². The van der Waals surface area contributed by atoms with E-state index in [0.717, 1.165) is 21.2 Å². The van der Waals surface area contributed by atoms with Crippen LogP contribution in [0, 0.1) is 24.0 Å². The van der Waals surface area contributed by atoms with Crippen molar-refractivity contribution in [3.63, 3.8) is 0 Å². The number of hydrogen-bond donors (Lipinski definition) is 1. The van der Waals surface area contributed by atoms with Crippen LogP contribution < -0.4 is 10.2 Å². The van der Waals surface area contributed by atoms with E-state index in [4.69, 9.17) is 17.2 Å². The van der Waals surface area contributed by atoms with Crippen LogP contribution in [0.1, 0.15) is 66.5 Å². The minimum Gasteiger partial charge on any atom is -0.351 e. The third-order valence-electron chi connectivity index (χ3n) is 8.03. The van der Waals surface area contributed by atoms with Crippen molar-refractivity contribution < 1.29 is 4.92 Å². The smallest absolute Gasteiger partial charge is 0.269 e. The summed E-state index contributed by atoms with van der Waals surface area (Å²) in [5.41, 5.74) is 5.95. The highest BCUT2D eigenvalue weighted by atomic mass is 32.2. The molecule has 2 aromatic heterocycles. The highest BCUT2D eigenvalue weighted by Gasteiger charge is 2.42. The molecule has 3 heterocycles. The summed E-state index contributed by atoms with van der Waals surface area (Å²) in [6, 6.07) is 23.8. The van der Waals surface area contributed by atoms with Crippen molar-refractivity contribution in [2.75, 3.05) is 4.90 Å². The van der Waals surface area contributed by atoms with E-state index in [1.807, 2.05) is 18.3 Å². The molecule has 0 bridgehead atoms. The standard InChI is InChI=1S/C31H31N5O2S2/c1-20-19-27(21(2)34(20)22-7-3-4-8-22)30-29(28-9-5-6-18-32-28)33-31(39)35(30)23-10-14-25(15-11-23)40-26-16-12-24(13-17-26)36(37)38/h5-6,9-19,22,29-30H,3-4,7-8H2,1-2H3,(H,33,39)/t29-,30+/m1/s1. The van der Waals surface area contributed by atoms with Gasteiger partial charge in [0.15, 0.2) is 5.11 Å². The molecule has 1 aliphatic carbocycles. The number of rotatable bonds is 7. The van der Waals surface area contributed by atoms with Gasteiger partial charge in [-0.25, -0.2) is 0 Å². The van der Waals surface area contributed by atoms with Crippen LogP contribution in [-0.4, -0.2) is 19.6 Å². The largest absolute Gasteiger partial charge is 0.351 e. The molecule has 2 aliphatic rings.